The van der Waals surface area contributed by atoms with E-state index >= 15 is 0 Å². The molecule has 0 unspecified atom stereocenters. The van der Waals surface area contributed by atoms with Crippen molar-refractivity contribution in [3.8, 4) is 11.5 Å². The Labute approximate surface area is 196 Å². The molecule has 2 N–H and O–H groups in total. The molecule has 3 aromatic rings. The molecule has 4 rings (SSSR count). The summed E-state index contributed by atoms with van der Waals surface area (Å²) in [6.07, 6.45) is 3.86. The number of likely N-dealkylation sites (N-methyl/N-ethyl adjacent to an activating group) is 1. The third kappa shape index (κ3) is 5.84. The third-order valence-electron chi connectivity index (χ3n) is 6.42. The third-order valence-corrected chi connectivity index (χ3v) is 6.42. The molecule has 0 amide bonds. The van der Waals surface area contributed by atoms with Gasteiger partial charge in [0.1, 0.15) is 18.1 Å². The minimum Gasteiger partial charge on any atom is -0.508 e. The lowest BCUT2D eigenvalue weighted by Gasteiger charge is -2.20. The Morgan fingerprint density at radius 2 is 1.58 bits per heavy atom. The standard InChI is InChI=1S/C29H33NO3/c1-30-19-5-9-25(30)21-33-27-17-13-24(14-18-27)29(23-11-15-26(32)16-12-23)28(10-6-20-31)22-7-3-2-4-8-22/h2-4,7-8,11-18,25,31-32H,5-6,9-10,19-21H2,1H3/b29-28-/t25-/m0/s1. The predicted molar refractivity (Wildman–Crippen MR) is 134 cm³/mol. The predicted octanol–water partition coefficient (Wildman–Crippen LogP) is 5.60. The number of phenolic OH excluding ortho intramolecular Hbond substituents is 1. The van der Waals surface area contributed by atoms with Crippen LogP contribution >= 0.6 is 0 Å². The summed E-state index contributed by atoms with van der Waals surface area (Å²) in [6, 6.07) is 26.5. The van der Waals surface area contributed by atoms with Gasteiger partial charge in [-0.2, -0.15) is 0 Å². The van der Waals surface area contributed by atoms with Crippen molar-refractivity contribution < 1.29 is 14.9 Å². The summed E-state index contributed by atoms with van der Waals surface area (Å²) in [5, 5.41) is 19.4. The Hall–Kier alpha value is -3.08. The van der Waals surface area contributed by atoms with Gasteiger partial charge in [0.2, 0.25) is 0 Å². The molecule has 1 saturated heterocycles. The molecule has 1 atom stereocenters. The topological polar surface area (TPSA) is 52.9 Å². The lowest BCUT2D eigenvalue weighted by molar-refractivity contribution is 0.198. The molecule has 1 aliphatic rings. The summed E-state index contributed by atoms with van der Waals surface area (Å²) in [7, 11) is 2.16. The van der Waals surface area contributed by atoms with Crippen LogP contribution in [0.4, 0.5) is 0 Å². The first-order valence-corrected chi connectivity index (χ1v) is 11.8. The van der Waals surface area contributed by atoms with E-state index in [1.54, 1.807) is 12.1 Å². The van der Waals surface area contributed by atoms with Crippen LogP contribution in [0.3, 0.4) is 0 Å². The second kappa shape index (κ2) is 11.2. The zero-order valence-corrected chi connectivity index (χ0v) is 19.3. The van der Waals surface area contributed by atoms with Crippen LogP contribution in [-0.4, -0.2) is 48.0 Å². The van der Waals surface area contributed by atoms with Crippen LogP contribution in [0, 0.1) is 0 Å². The maximum Gasteiger partial charge on any atom is 0.119 e. The van der Waals surface area contributed by atoms with E-state index in [1.165, 1.54) is 18.4 Å². The maximum atomic E-state index is 9.84. The normalized spacial score (nSPS) is 17.1. The van der Waals surface area contributed by atoms with Crippen molar-refractivity contribution in [3.05, 3.63) is 95.6 Å². The van der Waals surface area contributed by atoms with Crippen molar-refractivity contribution >= 4 is 11.1 Å². The number of nitrogens with zero attached hydrogens (tertiary/aromatic N) is 1. The number of likely N-dealkylation sites (tertiary alicyclic amines) is 1. The first kappa shape index (κ1) is 23.1. The molecule has 1 aliphatic heterocycles. The second-order valence-corrected chi connectivity index (χ2v) is 8.71. The molecule has 1 fully saturated rings. The minimum absolute atomic E-state index is 0.140. The highest BCUT2D eigenvalue weighted by atomic mass is 16.5. The summed E-state index contributed by atoms with van der Waals surface area (Å²) >= 11 is 0. The quantitative estimate of drug-likeness (QED) is 0.423. The Kier molecular flexibility index (Phi) is 7.82. The van der Waals surface area contributed by atoms with Gasteiger partial charge in [0, 0.05) is 12.6 Å². The van der Waals surface area contributed by atoms with Crippen LogP contribution in [0.1, 0.15) is 42.4 Å². The van der Waals surface area contributed by atoms with Gasteiger partial charge in [-0.05, 0) is 91.4 Å². The number of hydrogen-bond donors (Lipinski definition) is 2. The number of ether oxygens (including phenoxy) is 1. The molecule has 3 aromatic carbocycles. The van der Waals surface area contributed by atoms with Crippen LogP contribution in [0.15, 0.2) is 78.9 Å². The van der Waals surface area contributed by atoms with E-state index in [4.69, 9.17) is 4.74 Å². The zero-order chi connectivity index (χ0) is 23.0. The summed E-state index contributed by atoms with van der Waals surface area (Å²) < 4.78 is 6.10. The fourth-order valence-electron chi connectivity index (χ4n) is 4.55. The number of allylic oxidation sites excluding steroid dienone is 1. The van der Waals surface area contributed by atoms with Crippen molar-refractivity contribution in [1.29, 1.82) is 0 Å². The van der Waals surface area contributed by atoms with Crippen LogP contribution in [0.5, 0.6) is 11.5 Å². The summed E-state index contributed by atoms with van der Waals surface area (Å²) in [5.41, 5.74) is 5.54. The van der Waals surface area contributed by atoms with Gasteiger partial charge < -0.3 is 19.8 Å². The summed E-state index contributed by atoms with van der Waals surface area (Å²) in [5.74, 6) is 1.12. The highest BCUT2D eigenvalue weighted by Gasteiger charge is 2.21. The molecule has 0 aromatic heterocycles. The first-order valence-electron chi connectivity index (χ1n) is 11.8. The molecular weight excluding hydrogens is 410 g/mol. The van der Waals surface area contributed by atoms with Crippen molar-refractivity contribution in [3.63, 3.8) is 0 Å². The van der Waals surface area contributed by atoms with Gasteiger partial charge in [-0.3, -0.25) is 0 Å². The zero-order valence-electron chi connectivity index (χ0n) is 19.3. The molecule has 0 radical (unpaired) electrons. The lowest BCUT2D eigenvalue weighted by Crippen LogP contribution is -2.30. The minimum atomic E-state index is 0.140. The highest BCUT2D eigenvalue weighted by Crippen LogP contribution is 2.36. The number of aliphatic hydroxyl groups is 1. The fourth-order valence-corrected chi connectivity index (χ4v) is 4.55. The number of rotatable bonds is 9. The summed E-state index contributed by atoms with van der Waals surface area (Å²) in [4.78, 5) is 2.37. The Morgan fingerprint density at radius 3 is 2.18 bits per heavy atom. The Balaban J connectivity index is 1.69. The molecule has 1 heterocycles. The van der Waals surface area contributed by atoms with Crippen LogP contribution < -0.4 is 4.74 Å². The van der Waals surface area contributed by atoms with Crippen molar-refractivity contribution in [2.24, 2.45) is 0 Å². The lowest BCUT2D eigenvalue weighted by atomic mass is 9.87. The number of phenols is 1. The maximum absolute atomic E-state index is 9.84. The molecule has 0 aliphatic carbocycles. The van der Waals surface area contributed by atoms with Gasteiger partial charge in [0.25, 0.3) is 0 Å². The Morgan fingerprint density at radius 1 is 0.909 bits per heavy atom. The van der Waals surface area contributed by atoms with Crippen molar-refractivity contribution in [1.82, 2.24) is 4.90 Å². The SMILES string of the molecule is CN1CCC[C@H]1COc1ccc(/C(=C(/CCCO)c2ccccc2)c2ccc(O)cc2)cc1. The monoisotopic (exact) mass is 443 g/mol. The average Bonchev–Trinajstić information content (AvgIpc) is 3.27. The van der Waals surface area contributed by atoms with Crippen molar-refractivity contribution in [2.75, 3.05) is 26.8 Å². The van der Waals surface area contributed by atoms with Gasteiger partial charge in [-0.15, -0.1) is 0 Å². The molecule has 33 heavy (non-hydrogen) atoms. The first-order chi connectivity index (χ1) is 16.2. The molecular formula is C29H33NO3. The molecule has 172 valence electrons. The fraction of sp³-hybridized carbons (Fsp3) is 0.310. The summed E-state index contributed by atoms with van der Waals surface area (Å²) in [6.45, 7) is 1.99. The second-order valence-electron chi connectivity index (χ2n) is 8.71. The number of aliphatic hydroxyl groups excluding tert-OH is 1. The van der Waals surface area contributed by atoms with E-state index in [1.807, 2.05) is 42.5 Å². The molecule has 0 spiro atoms. The van der Waals surface area contributed by atoms with Crippen molar-refractivity contribution in [2.45, 2.75) is 31.7 Å². The van der Waals surface area contributed by atoms with Gasteiger partial charge in [0.15, 0.2) is 0 Å². The molecule has 4 nitrogen and oxygen atoms in total. The smallest absolute Gasteiger partial charge is 0.119 e. The van der Waals surface area contributed by atoms with E-state index in [0.29, 0.717) is 19.1 Å². The van der Waals surface area contributed by atoms with E-state index in [9.17, 15) is 10.2 Å². The van der Waals surface area contributed by atoms with Gasteiger partial charge >= 0.3 is 0 Å². The van der Waals surface area contributed by atoms with E-state index in [-0.39, 0.29) is 12.4 Å². The molecule has 0 bridgehead atoms. The Bertz CT molecular complexity index is 1040. The average molecular weight is 444 g/mol. The van der Waals surface area contributed by atoms with E-state index in [0.717, 1.165) is 41.0 Å². The number of benzene rings is 3. The van der Waals surface area contributed by atoms with Crippen LogP contribution in [0.25, 0.3) is 11.1 Å². The van der Waals surface area contributed by atoms with E-state index < -0.39 is 0 Å². The van der Waals surface area contributed by atoms with Gasteiger partial charge in [0.05, 0.1) is 0 Å². The van der Waals surface area contributed by atoms with E-state index in [2.05, 4.69) is 36.2 Å². The molecule has 4 heteroatoms. The molecule has 0 saturated carbocycles. The number of aromatic hydroxyl groups is 1. The van der Waals surface area contributed by atoms with Gasteiger partial charge in [-0.25, -0.2) is 0 Å². The van der Waals surface area contributed by atoms with Gasteiger partial charge in [-0.1, -0.05) is 54.6 Å². The highest BCUT2D eigenvalue weighted by molar-refractivity contribution is 5.98. The number of hydrogen-bond acceptors (Lipinski definition) is 4. The van der Waals surface area contributed by atoms with Crippen LogP contribution in [0.2, 0.25) is 0 Å². The largest absolute Gasteiger partial charge is 0.508 e. The van der Waals surface area contributed by atoms with Crippen LogP contribution in [-0.2, 0) is 0 Å².